The highest BCUT2D eigenvalue weighted by Crippen LogP contribution is 2.25. The second-order valence-electron chi connectivity index (χ2n) is 6.36. The van der Waals surface area contributed by atoms with Crippen LogP contribution in [0.5, 0.6) is 5.75 Å². The van der Waals surface area contributed by atoms with Crippen molar-refractivity contribution in [2.24, 2.45) is 0 Å². The Bertz CT molecular complexity index is 1180. The molecular formula is C21H16N4O7. The van der Waals surface area contributed by atoms with E-state index in [9.17, 15) is 29.8 Å². The summed E-state index contributed by atoms with van der Waals surface area (Å²) in [6.07, 6.45) is 0. The van der Waals surface area contributed by atoms with Crippen molar-refractivity contribution in [1.29, 1.82) is 0 Å². The molecule has 0 aliphatic heterocycles. The van der Waals surface area contributed by atoms with E-state index in [1.807, 2.05) is 0 Å². The highest BCUT2D eigenvalue weighted by atomic mass is 16.6. The van der Waals surface area contributed by atoms with Gasteiger partial charge in [-0.15, -0.1) is 0 Å². The molecule has 0 aliphatic carbocycles. The second kappa shape index (κ2) is 9.80. The van der Waals surface area contributed by atoms with Gasteiger partial charge in [0, 0.05) is 17.7 Å². The van der Waals surface area contributed by atoms with Crippen molar-refractivity contribution < 1.29 is 24.2 Å². The van der Waals surface area contributed by atoms with Gasteiger partial charge in [0.05, 0.1) is 9.85 Å². The monoisotopic (exact) mass is 436 g/mol. The van der Waals surface area contributed by atoms with Gasteiger partial charge in [0.2, 0.25) is 0 Å². The molecule has 0 unspecified atom stereocenters. The summed E-state index contributed by atoms with van der Waals surface area (Å²) < 4.78 is 5.34. The number of carbonyl (C=O) groups excluding carboxylic acids is 2. The van der Waals surface area contributed by atoms with Crippen molar-refractivity contribution >= 4 is 34.6 Å². The van der Waals surface area contributed by atoms with Gasteiger partial charge in [-0.3, -0.25) is 29.8 Å². The van der Waals surface area contributed by atoms with Crippen LogP contribution >= 0.6 is 0 Å². The summed E-state index contributed by atoms with van der Waals surface area (Å²) in [7, 11) is 0. The predicted molar refractivity (Wildman–Crippen MR) is 115 cm³/mol. The summed E-state index contributed by atoms with van der Waals surface area (Å²) in [4.78, 5) is 45.3. The van der Waals surface area contributed by atoms with Gasteiger partial charge in [-0.1, -0.05) is 24.3 Å². The molecule has 162 valence electrons. The fourth-order valence-corrected chi connectivity index (χ4v) is 2.71. The minimum Gasteiger partial charge on any atom is -0.484 e. The van der Waals surface area contributed by atoms with Gasteiger partial charge < -0.3 is 15.4 Å². The number of ether oxygens (including phenoxy) is 1. The molecule has 0 saturated heterocycles. The largest absolute Gasteiger partial charge is 0.484 e. The van der Waals surface area contributed by atoms with Crippen LogP contribution in [-0.2, 0) is 4.79 Å². The van der Waals surface area contributed by atoms with Gasteiger partial charge in [0.1, 0.15) is 17.1 Å². The van der Waals surface area contributed by atoms with Gasteiger partial charge in [-0.05, 0) is 36.4 Å². The lowest BCUT2D eigenvalue weighted by Gasteiger charge is -2.09. The van der Waals surface area contributed by atoms with Crippen LogP contribution in [0.2, 0.25) is 0 Å². The fourth-order valence-electron chi connectivity index (χ4n) is 2.71. The standard InChI is InChI=1S/C21H16N4O7/c26-20(22-16-5-1-3-7-18(16)24(28)29)13-32-15-11-9-14(10-12-15)21(27)23-17-6-2-4-8-19(17)25(30)31/h1-12H,13H2,(H,22,26)(H,23,27). The molecule has 3 aromatic rings. The minimum absolute atomic E-state index is 0.0492. The highest BCUT2D eigenvalue weighted by molar-refractivity contribution is 6.05. The summed E-state index contributed by atoms with van der Waals surface area (Å²) >= 11 is 0. The maximum atomic E-state index is 12.4. The third kappa shape index (κ3) is 5.42. The van der Waals surface area contributed by atoms with E-state index in [2.05, 4.69) is 10.6 Å². The van der Waals surface area contributed by atoms with Crippen molar-refractivity contribution in [3.63, 3.8) is 0 Å². The topological polar surface area (TPSA) is 154 Å². The van der Waals surface area contributed by atoms with Gasteiger partial charge in [0.15, 0.2) is 6.61 Å². The van der Waals surface area contributed by atoms with E-state index >= 15 is 0 Å². The molecule has 0 radical (unpaired) electrons. The first-order valence-electron chi connectivity index (χ1n) is 9.16. The molecule has 0 fully saturated rings. The highest BCUT2D eigenvalue weighted by Gasteiger charge is 2.17. The Balaban J connectivity index is 1.58. The van der Waals surface area contributed by atoms with Crippen molar-refractivity contribution in [2.45, 2.75) is 0 Å². The lowest BCUT2D eigenvalue weighted by molar-refractivity contribution is -0.384. The number of amides is 2. The Labute approximate surface area is 180 Å². The SMILES string of the molecule is O=C(COc1ccc(C(=O)Nc2ccccc2[N+](=O)[O-])cc1)Nc1ccccc1[N+](=O)[O-]. The number of benzene rings is 3. The molecule has 32 heavy (non-hydrogen) atoms. The van der Waals surface area contributed by atoms with Crippen LogP contribution in [0.3, 0.4) is 0 Å². The first-order valence-corrected chi connectivity index (χ1v) is 9.16. The number of para-hydroxylation sites is 4. The quantitative estimate of drug-likeness (QED) is 0.402. The molecule has 3 aromatic carbocycles. The lowest BCUT2D eigenvalue weighted by atomic mass is 10.2. The van der Waals surface area contributed by atoms with E-state index in [0.29, 0.717) is 0 Å². The number of carbonyl (C=O) groups is 2. The Kier molecular flexibility index (Phi) is 6.71. The molecule has 11 heteroatoms. The zero-order valence-corrected chi connectivity index (χ0v) is 16.4. The number of nitro benzene ring substituents is 2. The molecule has 0 heterocycles. The Hall–Kier alpha value is -4.80. The van der Waals surface area contributed by atoms with Crippen LogP contribution in [0.4, 0.5) is 22.7 Å². The molecule has 3 rings (SSSR count). The molecule has 0 bridgehead atoms. The molecule has 0 saturated carbocycles. The van der Waals surface area contributed by atoms with Gasteiger partial charge in [-0.2, -0.15) is 0 Å². The zero-order valence-electron chi connectivity index (χ0n) is 16.4. The van der Waals surface area contributed by atoms with E-state index in [4.69, 9.17) is 4.74 Å². The summed E-state index contributed by atoms with van der Waals surface area (Å²) in [6, 6.07) is 17.2. The Morgan fingerprint density at radius 2 is 1.25 bits per heavy atom. The van der Waals surface area contributed by atoms with E-state index in [0.717, 1.165) is 0 Å². The van der Waals surface area contributed by atoms with E-state index in [1.54, 1.807) is 12.1 Å². The van der Waals surface area contributed by atoms with Crippen LogP contribution in [0.15, 0.2) is 72.8 Å². The summed E-state index contributed by atoms with van der Waals surface area (Å²) in [5.74, 6) is -0.873. The number of nitro groups is 2. The Morgan fingerprint density at radius 3 is 1.78 bits per heavy atom. The summed E-state index contributed by atoms with van der Waals surface area (Å²) in [5.41, 5.74) is -0.136. The first kappa shape index (κ1) is 21.9. The van der Waals surface area contributed by atoms with E-state index in [-0.39, 0.29) is 34.1 Å². The maximum Gasteiger partial charge on any atom is 0.292 e. The van der Waals surface area contributed by atoms with E-state index in [1.165, 1.54) is 60.7 Å². The van der Waals surface area contributed by atoms with Crippen LogP contribution in [-0.4, -0.2) is 28.3 Å². The van der Waals surface area contributed by atoms with Gasteiger partial charge in [-0.25, -0.2) is 0 Å². The van der Waals surface area contributed by atoms with Crippen molar-refractivity contribution in [1.82, 2.24) is 0 Å². The molecule has 2 N–H and O–H groups in total. The summed E-state index contributed by atoms with van der Waals surface area (Å²) in [5, 5.41) is 26.9. The van der Waals surface area contributed by atoms with Crippen LogP contribution in [0, 0.1) is 20.2 Å². The Morgan fingerprint density at radius 1 is 0.750 bits per heavy atom. The number of hydrogen-bond acceptors (Lipinski definition) is 7. The van der Waals surface area contributed by atoms with Crippen molar-refractivity contribution in [3.05, 3.63) is 98.6 Å². The average Bonchev–Trinajstić information content (AvgIpc) is 2.78. The van der Waals surface area contributed by atoms with Gasteiger partial charge in [0.25, 0.3) is 23.2 Å². The number of rotatable bonds is 8. The zero-order chi connectivity index (χ0) is 23.1. The predicted octanol–water partition coefficient (Wildman–Crippen LogP) is 3.77. The van der Waals surface area contributed by atoms with Crippen LogP contribution in [0.25, 0.3) is 0 Å². The number of anilines is 2. The number of nitrogens with one attached hydrogen (secondary N) is 2. The number of nitrogens with zero attached hydrogens (tertiary/aromatic N) is 2. The minimum atomic E-state index is -0.607. The summed E-state index contributed by atoms with van der Waals surface area (Å²) in [6.45, 7) is -0.409. The average molecular weight is 436 g/mol. The van der Waals surface area contributed by atoms with E-state index < -0.39 is 28.3 Å². The normalized spacial score (nSPS) is 10.1. The smallest absolute Gasteiger partial charge is 0.292 e. The molecule has 2 amide bonds. The first-order chi connectivity index (χ1) is 15.3. The molecule has 11 nitrogen and oxygen atoms in total. The fraction of sp³-hybridized carbons (Fsp3) is 0.0476. The molecular weight excluding hydrogens is 420 g/mol. The third-order valence-electron chi connectivity index (χ3n) is 4.21. The molecule has 0 aliphatic rings. The van der Waals surface area contributed by atoms with Crippen molar-refractivity contribution in [3.8, 4) is 5.75 Å². The molecule has 0 spiro atoms. The van der Waals surface area contributed by atoms with Crippen LogP contribution < -0.4 is 15.4 Å². The van der Waals surface area contributed by atoms with Crippen LogP contribution in [0.1, 0.15) is 10.4 Å². The second-order valence-corrected chi connectivity index (χ2v) is 6.36. The lowest BCUT2D eigenvalue weighted by Crippen LogP contribution is -2.20. The molecule has 0 aromatic heterocycles. The third-order valence-corrected chi connectivity index (χ3v) is 4.21. The maximum absolute atomic E-state index is 12.4. The van der Waals surface area contributed by atoms with Crippen molar-refractivity contribution in [2.75, 3.05) is 17.2 Å². The van der Waals surface area contributed by atoms with Gasteiger partial charge >= 0.3 is 0 Å². The molecule has 0 atom stereocenters. The number of hydrogen-bond donors (Lipinski definition) is 2.